The van der Waals surface area contributed by atoms with E-state index in [1.165, 1.54) is 12.1 Å². The third kappa shape index (κ3) is 3.03. The molecule has 4 heteroatoms. The van der Waals surface area contributed by atoms with Crippen molar-refractivity contribution >= 4 is 5.97 Å². The Morgan fingerprint density at radius 1 is 1.38 bits per heavy atom. The average Bonchev–Trinajstić information content (AvgIpc) is 2.27. The summed E-state index contributed by atoms with van der Waals surface area (Å²) in [4.78, 5) is 13.0. The van der Waals surface area contributed by atoms with E-state index >= 15 is 0 Å². The Hall–Kier alpha value is -1.42. The molecule has 0 saturated heterocycles. The molecule has 0 amide bonds. The van der Waals surface area contributed by atoms with Crippen LogP contribution in [0.3, 0.4) is 0 Å². The number of carboxylic acid groups (broad SMARTS) is 1. The van der Waals surface area contributed by atoms with Crippen LogP contribution in [0.15, 0.2) is 18.2 Å². The summed E-state index contributed by atoms with van der Waals surface area (Å²) in [6.45, 7) is 6.23. The summed E-state index contributed by atoms with van der Waals surface area (Å²) < 4.78 is 12.9. The predicted octanol–water partition coefficient (Wildman–Crippen LogP) is 2.37. The summed E-state index contributed by atoms with van der Waals surface area (Å²) in [7, 11) is 0. The molecule has 0 atom stereocenters. The number of hydrogen-bond donors (Lipinski definition) is 1. The van der Waals surface area contributed by atoms with Crippen molar-refractivity contribution in [2.24, 2.45) is 0 Å². The van der Waals surface area contributed by atoms with Crippen molar-refractivity contribution in [1.29, 1.82) is 0 Å². The number of benzene rings is 1. The van der Waals surface area contributed by atoms with Crippen LogP contribution >= 0.6 is 0 Å². The molecule has 0 bridgehead atoms. The van der Waals surface area contributed by atoms with Gasteiger partial charge in [-0.25, -0.2) is 9.18 Å². The monoisotopic (exact) mass is 225 g/mol. The van der Waals surface area contributed by atoms with Crippen LogP contribution in [0.25, 0.3) is 0 Å². The maximum absolute atomic E-state index is 12.9. The van der Waals surface area contributed by atoms with E-state index in [9.17, 15) is 9.18 Å². The van der Waals surface area contributed by atoms with Crippen LogP contribution in [-0.4, -0.2) is 29.1 Å². The lowest BCUT2D eigenvalue weighted by Crippen LogP contribution is -2.23. The quantitative estimate of drug-likeness (QED) is 0.836. The van der Waals surface area contributed by atoms with Gasteiger partial charge in [0, 0.05) is 6.54 Å². The van der Waals surface area contributed by atoms with Gasteiger partial charge in [0.05, 0.1) is 5.56 Å². The van der Waals surface area contributed by atoms with E-state index in [1.807, 2.05) is 13.8 Å². The van der Waals surface area contributed by atoms with E-state index in [4.69, 9.17) is 5.11 Å². The van der Waals surface area contributed by atoms with Crippen LogP contribution in [0.5, 0.6) is 0 Å². The molecule has 88 valence electrons. The minimum Gasteiger partial charge on any atom is -0.478 e. The van der Waals surface area contributed by atoms with Crippen molar-refractivity contribution in [2.45, 2.75) is 20.4 Å². The standard InChI is InChI=1S/C12H16FNO2/c1-3-14(4-2)8-9-5-6-10(13)7-11(9)12(15)16/h5-7H,3-4,8H2,1-2H3,(H,15,16). The zero-order chi connectivity index (χ0) is 12.1. The second-order valence-corrected chi connectivity index (χ2v) is 3.57. The molecular weight excluding hydrogens is 209 g/mol. The summed E-state index contributed by atoms with van der Waals surface area (Å²) in [6, 6.07) is 3.91. The molecule has 1 N–H and O–H groups in total. The Balaban J connectivity index is 2.98. The first-order valence-corrected chi connectivity index (χ1v) is 5.32. The van der Waals surface area contributed by atoms with Crippen molar-refractivity contribution < 1.29 is 14.3 Å². The Kier molecular flexibility index (Phi) is 4.43. The summed E-state index contributed by atoms with van der Waals surface area (Å²) in [6.07, 6.45) is 0. The fraction of sp³-hybridized carbons (Fsp3) is 0.417. The summed E-state index contributed by atoms with van der Waals surface area (Å²) >= 11 is 0. The Morgan fingerprint density at radius 2 is 2.00 bits per heavy atom. The molecule has 0 fully saturated rings. The van der Waals surface area contributed by atoms with E-state index in [-0.39, 0.29) is 5.56 Å². The van der Waals surface area contributed by atoms with Gasteiger partial charge in [0.25, 0.3) is 0 Å². The molecule has 1 aromatic carbocycles. The number of hydrogen-bond acceptors (Lipinski definition) is 2. The molecule has 1 rings (SSSR count). The largest absolute Gasteiger partial charge is 0.478 e. The van der Waals surface area contributed by atoms with Crippen LogP contribution in [-0.2, 0) is 6.54 Å². The van der Waals surface area contributed by atoms with E-state index in [1.54, 1.807) is 0 Å². The van der Waals surface area contributed by atoms with Crippen molar-refractivity contribution in [3.8, 4) is 0 Å². The Morgan fingerprint density at radius 3 is 2.50 bits per heavy atom. The minimum absolute atomic E-state index is 0.0481. The molecule has 1 aromatic rings. The minimum atomic E-state index is -1.08. The van der Waals surface area contributed by atoms with Gasteiger partial charge in [0.15, 0.2) is 0 Å². The highest BCUT2D eigenvalue weighted by Gasteiger charge is 2.12. The van der Waals surface area contributed by atoms with Gasteiger partial charge in [-0.15, -0.1) is 0 Å². The first-order valence-electron chi connectivity index (χ1n) is 5.32. The topological polar surface area (TPSA) is 40.5 Å². The van der Waals surface area contributed by atoms with Crippen molar-refractivity contribution in [2.75, 3.05) is 13.1 Å². The summed E-state index contributed by atoms with van der Waals surface area (Å²) in [5.74, 6) is -1.60. The van der Waals surface area contributed by atoms with Gasteiger partial charge < -0.3 is 5.11 Å². The van der Waals surface area contributed by atoms with Crippen LogP contribution in [0.1, 0.15) is 29.8 Å². The zero-order valence-corrected chi connectivity index (χ0v) is 9.53. The number of carboxylic acids is 1. The van der Waals surface area contributed by atoms with Crippen molar-refractivity contribution in [1.82, 2.24) is 4.90 Å². The summed E-state index contributed by atoms with van der Waals surface area (Å²) in [5, 5.41) is 8.96. The molecule has 0 heterocycles. The summed E-state index contributed by atoms with van der Waals surface area (Å²) in [5.41, 5.74) is 0.699. The molecule has 0 aliphatic carbocycles. The number of halogens is 1. The zero-order valence-electron chi connectivity index (χ0n) is 9.53. The highest BCUT2D eigenvalue weighted by Crippen LogP contribution is 2.14. The lowest BCUT2D eigenvalue weighted by Gasteiger charge is -2.19. The lowest BCUT2D eigenvalue weighted by molar-refractivity contribution is 0.0694. The molecule has 3 nitrogen and oxygen atoms in total. The van der Waals surface area contributed by atoms with Gasteiger partial charge >= 0.3 is 5.97 Å². The molecule has 0 aromatic heterocycles. The van der Waals surface area contributed by atoms with Crippen LogP contribution in [0, 0.1) is 5.82 Å². The molecule has 0 spiro atoms. The van der Waals surface area contributed by atoms with Gasteiger partial charge in [-0.2, -0.15) is 0 Å². The van der Waals surface area contributed by atoms with E-state index < -0.39 is 11.8 Å². The van der Waals surface area contributed by atoms with Gasteiger partial charge in [-0.1, -0.05) is 19.9 Å². The molecule has 0 radical (unpaired) electrons. The van der Waals surface area contributed by atoms with Gasteiger partial charge in [-0.05, 0) is 30.8 Å². The molecule has 0 saturated carbocycles. The van der Waals surface area contributed by atoms with Crippen molar-refractivity contribution in [3.63, 3.8) is 0 Å². The Bertz CT molecular complexity index is 375. The van der Waals surface area contributed by atoms with E-state index in [2.05, 4.69) is 4.90 Å². The second kappa shape index (κ2) is 5.61. The third-order valence-electron chi connectivity index (χ3n) is 2.59. The maximum atomic E-state index is 12.9. The molecule has 16 heavy (non-hydrogen) atoms. The lowest BCUT2D eigenvalue weighted by atomic mass is 10.1. The predicted molar refractivity (Wildman–Crippen MR) is 60.0 cm³/mol. The molecular formula is C12H16FNO2. The van der Waals surface area contributed by atoms with Crippen LogP contribution in [0.4, 0.5) is 4.39 Å². The van der Waals surface area contributed by atoms with Gasteiger partial charge in [0.1, 0.15) is 5.82 Å². The fourth-order valence-corrected chi connectivity index (χ4v) is 1.57. The SMILES string of the molecule is CCN(CC)Cc1ccc(F)cc1C(=O)O. The number of rotatable bonds is 5. The second-order valence-electron chi connectivity index (χ2n) is 3.57. The number of carbonyl (C=O) groups is 1. The normalized spacial score (nSPS) is 10.8. The first-order chi connectivity index (χ1) is 7.58. The smallest absolute Gasteiger partial charge is 0.336 e. The highest BCUT2D eigenvalue weighted by molar-refractivity contribution is 5.89. The number of aromatic carboxylic acids is 1. The first kappa shape index (κ1) is 12.6. The van der Waals surface area contributed by atoms with E-state index in [0.717, 1.165) is 19.2 Å². The number of nitrogens with zero attached hydrogens (tertiary/aromatic N) is 1. The molecule has 0 unspecified atom stereocenters. The van der Waals surface area contributed by atoms with E-state index in [0.29, 0.717) is 12.1 Å². The van der Waals surface area contributed by atoms with Gasteiger partial charge in [-0.3, -0.25) is 4.90 Å². The third-order valence-corrected chi connectivity index (χ3v) is 2.59. The van der Waals surface area contributed by atoms with Crippen LogP contribution < -0.4 is 0 Å². The Labute approximate surface area is 94.5 Å². The van der Waals surface area contributed by atoms with Gasteiger partial charge in [0.2, 0.25) is 0 Å². The maximum Gasteiger partial charge on any atom is 0.336 e. The molecule has 0 aliphatic heterocycles. The van der Waals surface area contributed by atoms with Crippen LogP contribution in [0.2, 0.25) is 0 Å². The average molecular weight is 225 g/mol. The highest BCUT2D eigenvalue weighted by atomic mass is 19.1. The fourth-order valence-electron chi connectivity index (χ4n) is 1.57. The molecule has 0 aliphatic rings. The van der Waals surface area contributed by atoms with Crippen molar-refractivity contribution in [3.05, 3.63) is 35.1 Å².